The molecule has 0 spiro atoms. The van der Waals surface area contributed by atoms with Gasteiger partial charge in [0, 0.05) is 24.0 Å². The number of aromatic nitrogens is 2. The number of nitrogens with zero attached hydrogens (tertiary/aromatic N) is 3. The van der Waals surface area contributed by atoms with Crippen LogP contribution in [-0.4, -0.2) is 28.3 Å². The molecule has 1 atom stereocenters. The van der Waals surface area contributed by atoms with Crippen LogP contribution in [0.5, 0.6) is 0 Å². The first-order valence-corrected chi connectivity index (χ1v) is 7.19. The Bertz CT molecular complexity index is 683. The topological polar surface area (TPSA) is 64.2 Å². The van der Waals surface area contributed by atoms with Gasteiger partial charge in [-0.15, -0.1) is 12.4 Å². The van der Waals surface area contributed by atoms with Gasteiger partial charge in [-0.1, -0.05) is 18.2 Å². The van der Waals surface area contributed by atoms with Crippen LogP contribution in [0.2, 0.25) is 0 Å². The van der Waals surface area contributed by atoms with Gasteiger partial charge >= 0.3 is 0 Å². The van der Waals surface area contributed by atoms with Crippen molar-refractivity contribution in [3.63, 3.8) is 0 Å². The highest BCUT2D eigenvalue weighted by Crippen LogP contribution is 2.26. The van der Waals surface area contributed by atoms with Crippen molar-refractivity contribution in [2.75, 3.05) is 11.4 Å². The molecular weight excluding hydrogens is 300 g/mol. The van der Waals surface area contributed by atoms with Crippen LogP contribution in [0.1, 0.15) is 17.0 Å². The monoisotopic (exact) mass is 320 g/mol. The molecule has 2 N–H and O–H groups in total. The summed E-state index contributed by atoms with van der Waals surface area (Å²) in [5.41, 5.74) is 10.1. The Hall–Kier alpha value is -1.85. The minimum atomic E-state index is -0.00990. The number of carbonyl (C=O) groups excluding carboxylic acids is 1. The number of halogens is 1. The Morgan fingerprint density at radius 3 is 2.77 bits per heavy atom. The van der Waals surface area contributed by atoms with Gasteiger partial charge < -0.3 is 10.6 Å². The SMILES string of the molecule is Cc1cc(C)n(CC(=O)N2CC(N)Cc3ccccc32)n1.Cl. The Balaban J connectivity index is 0.00000176. The Kier molecular flexibility index (Phi) is 4.88. The van der Waals surface area contributed by atoms with E-state index in [9.17, 15) is 4.79 Å². The number of hydrogen-bond acceptors (Lipinski definition) is 3. The molecule has 0 bridgehead atoms. The van der Waals surface area contributed by atoms with Crippen LogP contribution in [0.4, 0.5) is 5.69 Å². The minimum Gasteiger partial charge on any atom is -0.326 e. The van der Waals surface area contributed by atoms with Crippen LogP contribution in [0.3, 0.4) is 0 Å². The summed E-state index contributed by atoms with van der Waals surface area (Å²) in [4.78, 5) is 14.4. The second kappa shape index (κ2) is 6.50. The molecule has 1 aliphatic heterocycles. The smallest absolute Gasteiger partial charge is 0.248 e. The third-order valence-corrected chi connectivity index (χ3v) is 3.87. The molecule has 3 rings (SSSR count). The fourth-order valence-electron chi connectivity index (χ4n) is 2.91. The first-order valence-electron chi connectivity index (χ1n) is 7.19. The van der Waals surface area contributed by atoms with Gasteiger partial charge in [0.25, 0.3) is 0 Å². The third-order valence-electron chi connectivity index (χ3n) is 3.87. The van der Waals surface area contributed by atoms with E-state index < -0.39 is 0 Å². The molecule has 0 radical (unpaired) electrons. The van der Waals surface area contributed by atoms with Crippen LogP contribution in [0, 0.1) is 13.8 Å². The highest BCUT2D eigenvalue weighted by Gasteiger charge is 2.26. The highest BCUT2D eigenvalue weighted by atomic mass is 35.5. The second-order valence-corrected chi connectivity index (χ2v) is 5.68. The number of rotatable bonds is 2. The molecule has 0 saturated heterocycles. The molecule has 1 amide bonds. The van der Waals surface area contributed by atoms with Crippen molar-refractivity contribution in [1.82, 2.24) is 9.78 Å². The summed E-state index contributed by atoms with van der Waals surface area (Å²) < 4.78 is 1.75. The van der Waals surface area contributed by atoms with Crippen LogP contribution in [0.25, 0.3) is 0 Å². The summed E-state index contributed by atoms with van der Waals surface area (Å²) in [6, 6.07) is 9.94. The zero-order valence-electron chi connectivity index (χ0n) is 12.8. The number of hydrogen-bond donors (Lipinski definition) is 1. The molecule has 0 aliphatic carbocycles. The van der Waals surface area contributed by atoms with Crippen molar-refractivity contribution in [2.24, 2.45) is 5.73 Å². The molecule has 22 heavy (non-hydrogen) atoms. The summed E-state index contributed by atoms with van der Waals surface area (Å²) in [5.74, 6) is 0.0313. The lowest BCUT2D eigenvalue weighted by Gasteiger charge is -2.33. The number of carbonyl (C=O) groups is 1. The summed E-state index contributed by atoms with van der Waals surface area (Å²) in [5, 5.41) is 4.36. The highest BCUT2D eigenvalue weighted by molar-refractivity contribution is 5.94. The van der Waals surface area contributed by atoms with Crippen molar-refractivity contribution >= 4 is 24.0 Å². The van der Waals surface area contributed by atoms with E-state index in [1.165, 1.54) is 0 Å². The van der Waals surface area contributed by atoms with Crippen LogP contribution in [0.15, 0.2) is 30.3 Å². The van der Waals surface area contributed by atoms with Gasteiger partial charge in [-0.3, -0.25) is 9.48 Å². The van der Waals surface area contributed by atoms with Crippen LogP contribution >= 0.6 is 12.4 Å². The first kappa shape index (κ1) is 16.5. The lowest BCUT2D eigenvalue weighted by molar-refractivity contribution is -0.119. The lowest BCUT2D eigenvalue weighted by Crippen LogP contribution is -2.47. The van der Waals surface area contributed by atoms with Gasteiger partial charge in [0.2, 0.25) is 5.91 Å². The van der Waals surface area contributed by atoms with Gasteiger partial charge in [0.15, 0.2) is 0 Å². The lowest BCUT2D eigenvalue weighted by atomic mass is 9.98. The zero-order valence-corrected chi connectivity index (χ0v) is 13.6. The number of amides is 1. The second-order valence-electron chi connectivity index (χ2n) is 5.68. The maximum Gasteiger partial charge on any atom is 0.248 e. The van der Waals surface area contributed by atoms with Crippen LogP contribution in [-0.2, 0) is 17.8 Å². The quantitative estimate of drug-likeness (QED) is 0.918. The maximum absolute atomic E-state index is 12.6. The molecule has 5 nitrogen and oxygen atoms in total. The zero-order chi connectivity index (χ0) is 15.0. The van der Waals surface area contributed by atoms with E-state index in [1.54, 1.807) is 9.58 Å². The minimum absolute atomic E-state index is 0. The summed E-state index contributed by atoms with van der Waals surface area (Å²) in [6.45, 7) is 4.71. The third kappa shape index (κ3) is 3.15. The van der Waals surface area contributed by atoms with E-state index in [2.05, 4.69) is 5.10 Å². The van der Waals surface area contributed by atoms with Crippen molar-refractivity contribution in [3.05, 3.63) is 47.3 Å². The van der Waals surface area contributed by atoms with Gasteiger partial charge in [-0.2, -0.15) is 5.10 Å². The first-order chi connectivity index (χ1) is 10.0. The van der Waals surface area contributed by atoms with E-state index >= 15 is 0 Å². The number of aryl methyl sites for hydroxylation is 2. The van der Waals surface area contributed by atoms with Crippen molar-refractivity contribution in [2.45, 2.75) is 32.9 Å². The van der Waals surface area contributed by atoms with E-state index in [-0.39, 0.29) is 30.9 Å². The molecule has 0 fully saturated rings. The summed E-state index contributed by atoms with van der Waals surface area (Å²) in [6.07, 6.45) is 0.819. The fraction of sp³-hybridized carbons (Fsp3) is 0.375. The number of fused-ring (bicyclic) bond motifs is 1. The number of nitrogens with two attached hydrogens (primary N) is 1. The summed E-state index contributed by atoms with van der Waals surface area (Å²) in [7, 11) is 0. The van der Waals surface area contributed by atoms with Crippen molar-refractivity contribution in [3.8, 4) is 0 Å². The molecular formula is C16H21ClN4O. The molecule has 6 heteroatoms. The predicted octanol–water partition coefficient (Wildman–Crippen LogP) is 1.84. The predicted molar refractivity (Wildman–Crippen MR) is 89.4 cm³/mol. The summed E-state index contributed by atoms with van der Waals surface area (Å²) >= 11 is 0. The number of para-hydroxylation sites is 1. The van der Waals surface area contributed by atoms with E-state index in [4.69, 9.17) is 5.73 Å². The largest absolute Gasteiger partial charge is 0.326 e. The van der Waals surface area contributed by atoms with Gasteiger partial charge in [-0.05, 0) is 38.0 Å². The Morgan fingerprint density at radius 1 is 1.36 bits per heavy atom. The fourth-order valence-corrected chi connectivity index (χ4v) is 2.91. The van der Waals surface area contributed by atoms with Crippen LogP contribution < -0.4 is 10.6 Å². The van der Waals surface area contributed by atoms with Crippen molar-refractivity contribution in [1.29, 1.82) is 0 Å². The maximum atomic E-state index is 12.6. The Morgan fingerprint density at radius 2 is 2.09 bits per heavy atom. The molecule has 1 aliphatic rings. The molecule has 118 valence electrons. The number of benzene rings is 1. The van der Waals surface area contributed by atoms with Gasteiger partial charge in [-0.25, -0.2) is 0 Å². The van der Waals surface area contributed by atoms with E-state index in [1.807, 2.05) is 44.2 Å². The normalized spacial score (nSPS) is 16.9. The molecule has 0 saturated carbocycles. The average Bonchev–Trinajstić information content (AvgIpc) is 2.75. The van der Waals surface area contributed by atoms with Gasteiger partial charge in [0.1, 0.15) is 6.54 Å². The van der Waals surface area contributed by atoms with E-state index in [0.29, 0.717) is 6.54 Å². The molecule has 2 heterocycles. The van der Waals surface area contributed by atoms with Crippen molar-refractivity contribution < 1.29 is 4.79 Å². The van der Waals surface area contributed by atoms with Gasteiger partial charge in [0.05, 0.1) is 5.69 Å². The standard InChI is InChI=1S/C16H20N4O.ClH/c1-11-7-12(2)20(18-11)10-16(21)19-9-14(17)8-13-5-3-4-6-15(13)19;/h3-7,14H,8-10,17H2,1-2H3;1H. The molecule has 1 aromatic carbocycles. The Labute approximate surface area is 136 Å². The average molecular weight is 321 g/mol. The molecule has 2 aromatic rings. The molecule has 1 unspecified atom stereocenters. The molecule has 1 aromatic heterocycles. The van der Waals surface area contributed by atoms with E-state index in [0.717, 1.165) is 29.1 Å². The number of anilines is 1.